The van der Waals surface area contributed by atoms with Crippen LogP contribution < -0.4 is 14.8 Å². The van der Waals surface area contributed by atoms with Crippen LogP contribution in [0.5, 0.6) is 5.75 Å². The van der Waals surface area contributed by atoms with Crippen molar-refractivity contribution in [2.24, 2.45) is 5.73 Å². The molecule has 1 fully saturated rings. The molecule has 0 amide bonds. The van der Waals surface area contributed by atoms with Crippen LogP contribution in [-0.2, 0) is 12.2 Å². The third kappa shape index (κ3) is 5.02. The van der Waals surface area contributed by atoms with Crippen LogP contribution in [0.2, 0.25) is 0 Å². The second kappa shape index (κ2) is 10.6. The summed E-state index contributed by atoms with van der Waals surface area (Å²) in [5, 5.41) is 20.3. The lowest BCUT2D eigenvalue weighted by molar-refractivity contribution is 0.497. The zero-order valence-electron chi connectivity index (χ0n) is 17.2. The van der Waals surface area contributed by atoms with E-state index in [1.807, 2.05) is 37.4 Å². The molecular weight excluding hydrogens is 414 g/mol. The van der Waals surface area contributed by atoms with Gasteiger partial charge in [-0.25, -0.2) is 4.98 Å². The van der Waals surface area contributed by atoms with E-state index in [1.54, 1.807) is 0 Å². The molecule has 0 atom stereocenters. The minimum Gasteiger partial charge on any atom is -0.426 e. The maximum absolute atomic E-state index is 9.83. The average molecular weight is 440 g/mol. The van der Waals surface area contributed by atoms with E-state index in [0.29, 0.717) is 34.1 Å². The Bertz CT molecular complexity index is 957. The molecule has 156 valence electrons. The normalized spacial score (nSPS) is 14.2. The maximum atomic E-state index is 9.83. The number of nitriles is 2. The summed E-state index contributed by atoms with van der Waals surface area (Å²) in [7, 11) is 0. The van der Waals surface area contributed by atoms with E-state index in [9.17, 15) is 10.5 Å². The van der Waals surface area contributed by atoms with Gasteiger partial charge in [-0.15, -0.1) is 11.8 Å². The summed E-state index contributed by atoms with van der Waals surface area (Å²) in [6, 6.07) is 12.7. The Balaban J connectivity index is 1.91. The molecule has 30 heavy (non-hydrogen) atoms. The van der Waals surface area contributed by atoms with Crippen molar-refractivity contribution >= 4 is 29.6 Å². The van der Waals surface area contributed by atoms with Gasteiger partial charge in [0.1, 0.15) is 28.7 Å². The van der Waals surface area contributed by atoms with Gasteiger partial charge in [-0.1, -0.05) is 19.1 Å². The van der Waals surface area contributed by atoms with E-state index in [-0.39, 0.29) is 6.04 Å². The molecule has 1 aliphatic rings. The first-order valence-electron chi connectivity index (χ1n) is 9.91. The lowest BCUT2D eigenvalue weighted by Crippen LogP contribution is -2.40. The fourth-order valence-electron chi connectivity index (χ4n) is 3.52. The van der Waals surface area contributed by atoms with Crippen molar-refractivity contribution in [3.63, 3.8) is 0 Å². The van der Waals surface area contributed by atoms with Crippen LogP contribution in [0.25, 0.3) is 0 Å². The molecule has 1 aromatic carbocycles. The quantitative estimate of drug-likeness (QED) is 0.504. The van der Waals surface area contributed by atoms with Crippen molar-refractivity contribution in [1.82, 2.24) is 4.98 Å². The Hall–Kier alpha value is -2.39. The lowest BCUT2D eigenvalue weighted by Gasteiger charge is -2.32. The van der Waals surface area contributed by atoms with Gasteiger partial charge in [-0.2, -0.15) is 10.5 Å². The largest absolute Gasteiger partial charge is 0.426 e. The second-order valence-corrected chi connectivity index (χ2v) is 8.52. The van der Waals surface area contributed by atoms with Gasteiger partial charge in [0.15, 0.2) is 0 Å². The molecule has 0 aliphatic carbocycles. The molecule has 2 N–H and O–H groups in total. The van der Waals surface area contributed by atoms with Crippen molar-refractivity contribution in [1.29, 1.82) is 10.5 Å². The molecule has 1 aliphatic heterocycles. The number of rotatable bonds is 7. The van der Waals surface area contributed by atoms with E-state index >= 15 is 0 Å². The van der Waals surface area contributed by atoms with Crippen molar-refractivity contribution in [2.45, 2.75) is 43.0 Å². The molecule has 1 saturated heterocycles. The molecule has 6 nitrogen and oxygen atoms in total. The van der Waals surface area contributed by atoms with Gasteiger partial charge in [-0.3, -0.25) is 0 Å². The van der Waals surface area contributed by atoms with Crippen LogP contribution in [-0.4, -0.2) is 30.4 Å². The minimum atomic E-state index is 0.197. The van der Waals surface area contributed by atoms with Crippen molar-refractivity contribution in [2.75, 3.05) is 24.2 Å². The number of benzene rings is 1. The minimum absolute atomic E-state index is 0.197. The summed E-state index contributed by atoms with van der Waals surface area (Å²) < 4.78 is 5.42. The molecule has 0 saturated carbocycles. The maximum Gasteiger partial charge on any atom is 0.148 e. The van der Waals surface area contributed by atoms with Gasteiger partial charge in [0.2, 0.25) is 0 Å². The molecule has 1 aromatic heterocycles. The number of aromatic nitrogens is 1. The summed E-state index contributed by atoms with van der Waals surface area (Å²) in [5.41, 5.74) is 8.98. The molecule has 8 heteroatoms. The van der Waals surface area contributed by atoms with E-state index in [0.717, 1.165) is 42.8 Å². The predicted molar refractivity (Wildman–Crippen MR) is 123 cm³/mol. The van der Waals surface area contributed by atoms with E-state index in [1.165, 1.54) is 23.8 Å². The van der Waals surface area contributed by atoms with Crippen LogP contribution in [0.4, 0.5) is 5.82 Å². The van der Waals surface area contributed by atoms with E-state index in [2.05, 4.69) is 17.0 Å². The summed E-state index contributed by atoms with van der Waals surface area (Å²) in [5.74, 6) is 2.18. The van der Waals surface area contributed by atoms with Gasteiger partial charge >= 0.3 is 0 Å². The first kappa shape index (κ1) is 22.3. The van der Waals surface area contributed by atoms with Gasteiger partial charge in [0.05, 0.1) is 23.2 Å². The number of nitrogens with zero attached hydrogens (tertiary/aromatic N) is 4. The number of hydrogen-bond acceptors (Lipinski definition) is 8. The SMILES string of the molecule is CCc1c(C#N)c(SCc2ccc(OSC)cc2)nc(N2CCC(N)CC2)c1C#N. The number of thioether (sulfide) groups is 1. The van der Waals surface area contributed by atoms with Gasteiger partial charge in [0, 0.05) is 31.1 Å². The number of anilines is 1. The second-order valence-electron chi connectivity index (χ2n) is 7.05. The van der Waals surface area contributed by atoms with Crippen LogP contribution >= 0.6 is 23.8 Å². The van der Waals surface area contributed by atoms with Crippen molar-refractivity contribution in [3.8, 4) is 17.9 Å². The number of piperidine rings is 1. The van der Waals surface area contributed by atoms with E-state index < -0.39 is 0 Å². The molecule has 2 aromatic rings. The van der Waals surface area contributed by atoms with Crippen molar-refractivity contribution < 1.29 is 4.18 Å². The molecule has 0 radical (unpaired) electrons. The highest BCUT2D eigenvalue weighted by Gasteiger charge is 2.25. The summed E-state index contributed by atoms with van der Waals surface area (Å²) in [6.45, 7) is 3.53. The monoisotopic (exact) mass is 439 g/mol. The number of hydrogen-bond donors (Lipinski definition) is 1. The Kier molecular flexibility index (Phi) is 7.87. The van der Waals surface area contributed by atoms with E-state index in [4.69, 9.17) is 14.9 Å². The topological polar surface area (TPSA) is 99.0 Å². The summed E-state index contributed by atoms with van der Waals surface area (Å²) in [6.07, 6.45) is 4.24. The third-order valence-corrected chi connectivity index (χ3v) is 6.55. The summed E-state index contributed by atoms with van der Waals surface area (Å²) in [4.78, 5) is 6.95. The van der Waals surface area contributed by atoms with Crippen LogP contribution in [0, 0.1) is 22.7 Å². The fraction of sp³-hybridized carbons (Fsp3) is 0.409. The zero-order chi connectivity index (χ0) is 21.5. The average Bonchev–Trinajstić information content (AvgIpc) is 2.78. The highest BCUT2D eigenvalue weighted by atomic mass is 32.2. The van der Waals surface area contributed by atoms with Gasteiger partial charge in [-0.05, 0) is 42.5 Å². The standard InChI is InChI=1S/C22H25N5OS2/c1-3-18-19(12-23)21(27-10-8-16(25)9-11-27)26-22(20(18)13-24)30-14-15-4-6-17(7-5-15)28-29-2/h4-7,16H,3,8-11,14,25H2,1-2H3. The van der Waals surface area contributed by atoms with Crippen LogP contribution in [0.1, 0.15) is 42.0 Å². The van der Waals surface area contributed by atoms with Gasteiger partial charge in [0.25, 0.3) is 0 Å². The van der Waals surface area contributed by atoms with Crippen LogP contribution in [0.15, 0.2) is 29.3 Å². The Morgan fingerprint density at radius 2 is 1.83 bits per heavy atom. The number of pyridine rings is 1. The smallest absolute Gasteiger partial charge is 0.148 e. The first-order valence-corrected chi connectivity index (χ1v) is 12.0. The number of nitrogens with two attached hydrogens (primary N) is 1. The third-order valence-electron chi connectivity index (χ3n) is 5.14. The summed E-state index contributed by atoms with van der Waals surface area (Å²) >= 11 is 2.84. The molecule has 0 spiro atoms. The highest BCUT2D eigenvalue weighted by molar-refractivity contribution is 7.98. The Labute approximate surface area is 186 Å². The van der Waals surface area contributed by atoms with Crippen LogP contribution in [0.3, 0.4) is 0 Å². The van der Waals surface area contributed by atoms with Crippen molar-refractivity contribution in [3.05, 3.63) is 46.5 Å². The highest BCUT2D eigenvalue weighted by Crippen LogP contribution is 2.34. The molecular formula is C22H25N5OS2. The Morgan fingerprint density at radius 3 is 2.40 bits per heavy atom. The molecule has 0 unspecified atom stereocenters. The predicted octanol–water partition coefficient (Wildman–Crippen LogP) is 4.26. The lowest BCUT2D eigenvalue weighted by atomic mass is 10.00. The van der Waals surface area contributed by atoms with Gasteiger partial charge < -0.3 is 14.8 Å². The molecule has 0 bridgehead atoms. The molecule has 2 heterocycles. The first-order chi connectivity index (χ1) is 14.6. The fourth-order valence-corrected chi connectivity index (χ4v) is 4.78. The Morgan fingerprint density at radius 1 is 1.17 bits per heavy atom. The zero-order valence-corrected chi connectivity index (χ0v) is 18.9. The molecule has 3 rings (SSSR count).